The third-order valence-electron chi connectivity index (χ3n) is 2.79. The Labute approximate surface area is 123 Å². The zero-order valence-electron chi connectivity index (χ0n) is 11.5. The van der Waals surface area contributed by atoms with Crippen LogP contribution in [0.15, 0.2) is 59.5 Å². The van der Waals surface area contributed by atoms with E-state index in [1.54, 1.807) is 18.2 Å². The van der Waals surface area contributed by atoms with Crippen LogP contribution in [0.2, 0.25) is 0 Å². The maximum atomic E-state index is 11.9. The standard InChI is InChI=1S/C15H16N2O3S/c1-21(19,20)14-10-6-5-9-13(14)17-15(18)11-16-12-7-3-2-4-8-12/h2-10,16H,11H2,1H3,(H,17,18). The second-order valence-corrected chi connectivity index (χ2v) is 6.52. The van der Waals surface area contributed by atoms with Crippen LogP contribution in [0, 0.1) is 0 Å². The maximum absolute atomic E-state index is 11.9. The average Bonchev–Trinajstić information content (AvgIpc) is 2.46. The van der Waals surface area contributed by atoms with E-state index in [1.165, 1.54) is 6.07 Å². The van der Waals surface area contributed by atoms with Crippen LogP contribution >= 0.6 is 0 Å². The molecule has 0 heterocycles. The first-order valence-electron chi connectivity index (χ1n) is 6.34. The van der Waals surface area contributed by atoms with Crippen LogP contribution in [-0.2, 0) is 14.6 Å². The number of carbonyl (C=O) groups is 1. The molecule has 2 aromatic rings. The van der Waals surface area contributed by atoms with E-state index in [4.69, 9.17) is 0 Å². The zero-order chi connectivity index (χ0) is 15.3. The summed E-state index contributed by atoms with van der Waals surface area (Å²) in [6.07, 6.45) is 1.11. The molecule has 0 saturated carbocycles. The number of nitrogens with one attached hydrogen (secondary N) is 2. The summed E-state index contributed by atoms with van der Waals surface area (Å²) < 4.78 is 23.3. The van der Waals surface area contributed by atoms with E-state index in [9.17, 15) is 13.2 Å². The first-order chi connectivity index (χ1) is 9.97. The van der Waals surface area contributed by atoms with Gasteiger partial charge in [-0.15, -0.1) is 0 Å². The van der Waals surface area contributed by atoms with Gasteiger partial charge < -0.3 is 10.6 Å². The van der Waals surface area contributed by atoms with Crippen molar-refractivity contribution in [3.63, 3.8) is 0 Å². The molecule has 1 amide bonds. The first-order valence-corrected chi connectivity index (χ1v) is 8.24. The number of hydrogen-bond donors (Lipinski definition) is 2. The number of benzene rings is 2. The van der Waals surface area contributed by atoms with Gasteiger partial charge >= 0.3 is 0 Å². The molecule has 110 valence electrons. The fourth-order valence-corrected chi connectivity index (χ4v) is 2.67. The van der Waals surface area contributed by atoms with Gasteiger partial charge in [-0.1, -0.05) is 30.3 Å². The van der Waals surface area contributed by atoms with E-state index in [2.05, 4.69) is 10.6 Å². The molecule has 0 atom stereocenters. The lowest BCUT2D eigenvalue weighted by Crippen LogP contribution is -2.22. The molecule has 0 bridgehead atoms. The quantitative estimate of drug-likeness (QED) is 0.887. The number of carbonyl (C=O) groups excluding carboxylic acids is 1. The fourth-order valence-electron chi connectivity index (χ4n) is 1.83. The van der Waals surface area contributed by atoms with Crippen LogP contribution in [0.5, 0.6) is 0 Å². The summed E-state index contributed by atoms with van der Waals surface area (Å²) in [4.78, 5) is 12.0. The number of sulfone groups is 1. The van der Waals surface area contributed by atoms with Crippen molar-refractivity contribution in [3.8, 4) is 0 Å². The summed E-state index contributed by atoms with van der Waals surface area (Å²) in [7, 11) is -3.38. The third-order valence-corrected chi connectivity index (χ3v) is 3.94. The van der Waals surface area contributed by atoms with Crippen molar-refractivity contribution >= 4 is 27.1 Å². The molecule has 6 heteroatoms. The third kappa shape index (κ3) is 4.32. The molecule has 0 aliphatic heterocycles. The van der Waals surface area contributed by atoms with Gasteiger partial charge in [-0.2, -0.15) is 0 Å². The second-order valence-electron chi connectivity index (χ2n) is 4.54. The smallest absolute Gasteiger partial charge is 0.243 e. The molecule has 0 saturated heterocycles. The van der Waals surface area contributed by atoms with Crippen molar-refractivity contribution in [1.82, 2.24) is 0 Å². The van der Waals surface area contributed by atoms with Gasteiger partial charge in [-0.3, -0.25) is 4.79 Å². The van der Waals surface area contributed by atoms with Gasteiger partial charge in [-0.25, -0.2) is 8.42 Å². The first kappa shape index (κ1) is 15.1. The van der Waals surface area contributed by atoms with Crippen molar-refractivity contribution < 1.29 is 13.2 Å². The molecule has 0 spiro atoms. The zero-order valence-corrected chi connectivity index (χ0v) is 12.4. The van der Waals surface area contributed by atoms with Crippen molar-refractivity contribution in [3.05, 3.63) is 54.6 Å². The summed E-state index contributed by atoms with van der Waals surface area (Å²) in [5.74, 6) is -0.310. The van der Waals surface area contributed by atoms with Crippen LogP contribution in [0.1, 0.15) is 0 Å². The van der Waals surface area contributed by atoms with Crippen LogP contribution in [-0.4, -0.2) is 27.1 Å². The van der Waals surface area contributed by atoms with Crippen LogP contribution in [0.25, 0.3) is 0 Å². The van der Waals surface area contributed by atoms with Gasteiger partial charge in [0.05, 0.1) is 17.1 Å². The lowest BCUT2D eigenvalue weighted by atomic mass is 10.3. The van der Waals surface area contributed by atoms with E-state index in [1.807, 2.05) is 30.3 Å². The Morgan fingerprint density at radius 2 is 1.62 bits per heavy atom. The number of rotatable bonds is 5. The van der Waals surface area contributed by atoms with Crippen molar-refractivity contribution in [2.75, 3.05) is 23.4 Å². The van der Waals surface area contributed by atoms with Gasteiger partial charge in [0.25, 0.3) is 0 Å². The molecule has 0 radical (unpaired) electrons. The summed E-state index contributed by atoms with van der Waals surface area (Å²) in [6, 6.07) is 15.6. The molecule has 21 heavy (non-hydrogen) atoms. The predicted octanol–water partition coefficient (Wildman–Crippen LogP) is 2.14. The molecule has 2 rings (SSSR count). The van der Waals surface area contributed by atoms with Crippen LogP contribution in [0.3, 0.4) is 0 Å². The molecule has 0 aliphatic rings. The monoisotopic (exact) mass is 304 g/mol. The van der Waals surface area contributed by atoms with E-state index < -0.39 is 9.84 Å². The fraction of sp³-hybridized carbons (Fsp3) is 0.133. The molecule has 5 nitrogen and oxygen atoms in total. The Hall–Kier alpha value is -2.34. The van der Waals surface area contributed by atoms with Crippen LogP contribution < -0.4 is 10.6 Å². The van der Waals surface area contributed by atoms with Gasteiger partial charge in [0, 0.05) is 11.9 Å². The van der Waals surface area contributed by atoms with E-state index in [-0.39, 0.29) is 17.3 Å². The molecule has 0 aromatic heterocycles. The minimum absolute atomic E-state index is 0.0576. The number of amides is 1. The summed E-state index contributed by atoms with van der Waals surface area (Å²) in [5.41, 5.74) is 1.11. The Morgan fingerprint density at radius 3 is 2.29 bits per heavy atom. The maximum Gasteiger partial charge on any atom is 0.243 e. The summed E-state index contributed by atoms with van der Waals surface area (Å²) in [6.45, 7) is 0.0576. The Bertz CT molecular complexity index is 728. The van der Waals surface area contributed by atoms with Gasteiger partial charge in [0.1, 0.15) is 0 Å². The van der Waals surface area contributed by atoms with Gasteiger partial charge in [0.15, 0.2) is 9.84 Å². The van der Waals surface area contributed by atoms with E-state index >= 15 is 0 Å². The normalized spacial score (nSPS) is 10.9. The van der Waals surface area contributed by atoms with Crippen molar-refractivity contribution in [1.29, 1.82) is 0 Å². The van der Waals surface area contributed by atoms with Crippen LogP contribution in [0.4, 0.5) is 11.4 Å². The highest BCUT2D eigenvalue weighted by atomic mass is 32.2. The average molecular weight is 304 g/mol. The second kappa shape index (κ2) is 6.41. The van der Waals surface area contributed by atoms with Gasteiger partial charge in [0.2, 0.25) is 5.91 Å². The molecular weight excluding hydrogens is 288 g/mol. The highest BCUT2D eigenvalue weighted by Gasteiger charge is 2.14. The number of hydrogen-bond acceptors (Lipinski definition) is 4. The molecule has 0 aliphatic carbocycles. The van der Waals surface area contributed by atoms with Gasteiger partial charge in [-0.05, 0) is 24.3 Å². The SMILES string of the molecule is CS(=O)(=O)c1ccccc1NC(=O)CNc1ccccc1. The molecular formula is C15H16N2O3S. The molecule has 2 aromatic carbocycles. The topological polar surface area (TPSA) is 75.3 Å². The molecule has 2 N–H and O–H groups in total. The minimum Gasteiger partial charge on any atom is -0.376 e. The Morgan fingerprint density at radius 1 is 1.00 bits per heavy atom. The van der Waals surface area contributed by atoms with Crippen molar-refractivity contribution in [2.45, 2.75) is 4.90 Å². The highest BCUT2D eigenvalue weighted by Crippen LogP contribution is 2.20. The minimum atomic E-state index is -3.38. The lowest BCUT2D eigenvalue weighted by molar-refractivity contribution is -0.114. The van der Waals surface area contributed by atoms with E-state index in [0.29, 0.717) is 5.69 Å². The molecule has 0 unspecified atom stereocenters. The van der Waals surface area contributed by atoms with Crippen molar-refractivity contribution in [2.24, 2.45) is 0 Å². The largest absolute Gasteiger partial charge is 0.376 e. The Kier molecular flexibility index (Phi) is 4.59. The predicted molar refractivity (Wildman–Crippen MR) is 83.1 cm³/mol. The summed E-state index contributed by atoms with van der Waals surface area (Å²) in [5, 5.41) is 5.57. The Balaban J connectivity index is 2.04. The van der Waals surface area contributed by atoms with E-state index in [0.717, 1.165) is 11.9 Å². The molecule has 0 fully saturated rings. The number of para-hydroxylation sites is 2. The summed E-state index contributed by atoms with van der Waals surface area (Å²) >= 11 is 0. The highest BCUT2D eigenvalue weighted by molar-refractivity contribution is 7.90. The lowest BCUT2D eigenvalue weighted by Gasteiger charge is -2.10. The number of anilines is 2.